The molecule has 0 N–H and O–H groups in total. The zero-order chi connectivity index (χ0) is 20.6. The van der Waals surface area contributed by atoms with Gasteiger partial charge >= 0.3 is 6.18 Å². The van der Waals surface area contributed by atoms with Crippen molar-refractivity contribution in [1.82, 2.24) is 4.57 Å². The fourth-order valence-corrected chi connectivity index (χ4v) is 3.28. The number of pyridine rings is 1. The molecule has 0 aliphatic heterocycles. The van der Waals surface area contributed by atoms with Gasteiger partial charge in [-0.3, -0.25) is 4.79 Å². The van der Waals surface area contributed by atoms with Gasteiger partial charge in [0.15, 0.2) is 0 Å². The fourth-order valence-electron chi connectivity index (χ4n) is 3.28. The van der Waals surface area contributed by atoms with Crippen LogP contribution >= 0.6 is 0 Å². The standard InChI is InChI=1S/C23H15F4NO/c24-21-7-2-1-4-18(21)14-28-11-10-17-12-16(8-9-20(17)22(28)29)15-5-3-6-19(13-15)23(25,26)27/h1-13H,14H2. The van der Waals surface area contributed by atoms with Gasteiger partial charge in [0.1, 0.15) is 5.82 Å². The summed E-state index contributed by atoms with van der Waals surface area (Å²) in [6.07, 6.45) is -2.86. The van der Waals surface area contributed by atoms with Crippen LogP contribution in [0.25, 0.3) is 21.9 Å². The highest BCUT2D eigenvalue weighted by Crippen LogP contribution is 2.32. The zero-order valence-electron chi connectivity index (χ0n) is 15.1. The van der Waals surface area contributed by atoms with Crippen LogP contribution in [0.1, 0.15) is 11.1 Å². The molecular weight excluding hydrogens is 382 g/mol. The van der Waals surface area contributed by atoms with E-state index in [2.05, 4.69) is 0 Å². The predicted octanol–water partition coefficient (Wildman–Crippen LogP) is 5.87. The van der Waals surface area contributed by atoms with Gasteiger partial charge in [0.25, 0.3) is 5.56 Å². The van der Waals surface area contributed by atoms with Crippen molar-refractivity contribution in [3.8, 4) is 11.1 Å². The molecule has 0 saturated heterocycles. The highest BCUT2D eigenvalue weighted by Gasteiger charge is 2.30. The Balaban J connectivity index is 1.73. The summed E-state index contributed by atoms with van der Waals surface area (Å²) in [6, 6.07) is 17.9. The van der Waals surface area contributed by atoms with E-state index >= 15 is 0 Å². The topological polar surface area (TPSA) is 22.0 Å². The van der Waals surface area contributed by atoms with Gasteiger partial charge in [-0.05, 0) is 52.9 Å². The van der Waals surface area contributed by atoms with E-state index in [0.29, 0.717) is 27.5 Å². The van der Waals surface area contributed by atoms with Crippen molar-refractivity contribution in [2.24, 2.45) is 0 Å². The van der Waals surface area contributed by atoms with Crippen LogP contribution in [0, 0.1) is 5.82 Å². The molecule has 0 aliphatic carbocycles. The molecule has 3 aromatic carbocycles. The first kappa shape index (κ1) is 18.9. The second kappa shape index (κ2) is 7.20. The Labute approximate surface area is 163 Å². The molecule has 0 amide bonds. The predicted molar refractivity (Wildman–Crippen MR) is 104 cm³/mol. The maximum atomic E-state index is 13.9. The second-order valence-electron chi connectivity index (χ2n) is 6.72. The molecule has 0 aliphatic rings. The largest absolute Gasteiger partial charge is 0.416 e. The number of fused-ring (bicyclic) bond motifs is 1. The first-order chi connectivity index (χ1) is 13.8. The lowest BCUT2D eigenvalue weighted by Gasteiger charge is -2.11. The third-order valence-electron chi connectivity index (χ3n) is 4.80. The van der Waals surface area contributed by atoms with Crippen LogP contribution in [-0.2, 0) is 12.7 Å². The Morgan fingerprint density at radius 3 is 2.34 bits per heavy atom. The molecule has 0 fully saturated rings. The van der Waals surface area contributed by atoms with E-state index in [1.807, 2.05) is 0 Å². The molecule has 0 saturated carbocycles. The molecular formula is C23H15F4NO. The lowest BCUT2D eigenvalue weighted by molar-refractivity contribution is -0.137. The molecule has 0 spiro atoms. The summed E-state index contributed by atoms with van der Waals surface area (Å²) in [5.41, 5.74) is 0.374. The summed E-state index contributed by atoms with van der Waals surface area (Å²) < 4.78 is 54.2. The van der Waals surface area contributed by atoms with Crippen LogP contribution in [-0.4, -0.2) is 4.57 Å². The van der Waals surface area contributed by atoms with E-state index in [-0.39, 0.29) is 17.9 Å². The van der Waals surface area contributed by atoms with E-state index in [0.717, 1.165) is 12.1 Å². The number of alkyl halides is 3. The third-order valence-corrected chi connectivity index (χ3v) is 4.80. The Bertz CT molecular complexity index is 1260. The summed E-state index contributed by atoms with van der Waals surface area (Å²) >= 11 is 0. The van der Waals surface area contributed by atoms with Crippen LogP contribution in [0.15, 0.2) is 83.8 Å². The first-order valence-corrected chi connectivity index (χ1v) is 8.87. The third kappa shape index (κ3) is 3.78. The van der Waals surface area contributed by atoms with E-state index < -0.39 is 11.7 Å². The number of aromatic nitrogens is 1. The van der Waals surface area contributed by atoms with Crippen molar-refractivity contribution in [3.63, 3.8) is 0 Å². The molecule has 146 valence electrons. The Morgan fingerprint density at radius 1 is 0.828 bits per heavy atom. The van der Waals surface area contributed by atoms with Crippen LogP contribution in [0.4, 0.5) is 17.6 Å². The minimum Gasteiger partial charge on any atom is -0.310 e. The van der Waals surface area contributed by atoms with Crippen molar-refractivity contribution in [3.05, 3.63) is 106 Å². The maximum absolute atomic E-state index is 13.9. The van der Waals surface area contributed by atoms with E-state index in [9.17, 15) is 22.4 Å². The van der Waals surface area contributed by atoms with Crippen LogP contribution in [0.3, 0.4) is 0 Å². The van der Waals surface area contributed by atoms with Gasteiger partial charge in [-0.1, -0.05) is 36.4 Å². The second-order valence-corrected chi connectivity index (χ2v) is 6.72. The lowest BCUT2D eigenvalue weighted by atomic mass is 10.00. The summed E-state index contributed by atoms with van der Waals surface area (Å²) in [5, 5.41) is 1.02. The minimum absolute atomic E-state index is 0.0941. The molecule has 2 nitrogen and oxygen atoms in total. The number of hydrogen-bond acceptors (Lipinski definition) is 1. The number of nitrogens with zero attached hydrogens (tertiary/aromatic N) is 1. The summed E-state index contributed by atoms with van der Waals surface area (Å²) in [7, 11) is 0. The van der Waals surface area contributed by atoms with Gasteiger partial charge < -0.3 is 4.57 Å². The van der Waals surface area contributed by atoms with Crippen molar-refractivity contribution < 1.29 is 17.6 Å². The molecule has 1 heterocycles. The van der Waals surface area contributed by atoms with E-state index in [1.54, 1.807) is 54.7 Å². The normalized spacial score (nSPS) is 11.7. The number of hydrogen-bond donors (Lipinski definition) is 0. The number of benzene rings is 3. The van der Waals surface area contributed by atoms with Gasteiger partial charge in [0, 0.05) is 17.1 Å². The highest BCUT2D eigenvalue weighted by atomic mass is 19.4. The smallest absolute Gasteiger partial charge is 0.310 e. The van der Waals surface area contributed by atoms with Gasteiger partial charge in [-0.2, -0.15) is 13.2 Å². The quantitative estimate of drug-likeness (QED) is 0.396. The van der Waals surface area contributed by atoms with E-state index in [1.165, 1.54) is 16.7 Å². The SMILES string of the molecule is O=c1c2ccc(-c3cccc(C(F)(F)F)c3)cc2ccn1Cc1ccccc1F. The minimum atomic E-state index is -4.42. The molecule has 4 rings (SSSR count). The molecule has 29 heavy (non-hydrogen) atoms. The monoisotopic (exact) mass is 397 g/mol. The molecule has 1 aromatic heterocycles. The summed E-state index contributed by atoms with van der Waals surface area (Å²) in [4.78, 5) is 12.8. The van der Waals surface area contributed by atoms with Gasteiger partial charge in [-0.25, -0.2) is 4.39 Å². The Morgan fingerprint density at radius 2 is 1.59 bits per heavy atom. The molecule has 0 unspecified atom stereocenters. The van der Waals surface area contributed by atoms with Crippen molar-refractivity contribution in [2.45, 2.75) is 12.7 Å². The zero-order valence-corrected chi connectivity index (χ0v) is 15.1. The Hall–Kier alpha value is -3.41. The Kier molecular flexibility index (Phi) is 4.70. The molecule has 0 radical (unpaired) electrons. The highest BCUT2D eigenvalue weighted by molar-refractivity contribution is 5.86. The molecule has 4 aromatic rings. The molecule has 0 atom stereocenters. The van der Waals surface area contributed by atoms with Gasteiger partial charge in [0.2, 0.25) is 0 Å². The summed E-state index contributed by atoms with van der Waals surface area (Å²) in [5.74, 6) is -0.389. The average Bonchev–Trinajstić information content (AvgIpc) is 2.71. The van der Waals surface area contributed by atoms with Crippen LogP contribution < -0.4 is 5.56 Å². The number of halogens is 4. The van der Waals surface area contributed by atoms with Crippen molar-refractivity contribution in [1.29, 1.82) is 0 Å². The average molecular weight is 397 g/mol. The van der Waals surface area contributed by atoms with Crippen LogP contribution in [0.5, 0.6) is 0 Å². The van der Waals surface area contributed by atoms with Gasteiger partial charge in [-0.15, -0.1) is 0 Å². The maximum Gasteiger partial charge on any atom is 0.416 e. The van der Waals surface area contributed by atoms with E-state index in [4.69, 9.17) is 0 Å². The lowest BCUT2D eigenvalue weighted by Crippen LogP contribution is -2.20. The fraction of sp³-hybridized carbons (Fsp3) is 0.0870. The summed E-state index contributed by atoms with van der Waals surface area (Å²) in [6.45, 7) is 0.0941. The van der Waals surface area contributed by atoms with Crippen LogP contribution in [0.2, 0.25) is 0 Å². The first-order valence-electron chi connectivity index (χ1n) is 8.87. The van der Waals surface area contributed by atoms with Gasteiger partial charge in [0.05, 0.1) is 12.1 Å². The number of rotatable bonds is 3. The van der Waals surface area contributed by atoms with Crippen molar-refractivity contribution in [2.75, 3.05) is 0 Å². The molecule has 0 bridgehead atoms. The van der Waals surface area contributed by atoms with Crippen molar-refractivity contribution >= 4 is 10.8 Å². The molecule has 6 heteroatoms.